The number of H-pyrrole nitrogens is 1. The molecule has 116 valence electrons. The number of rotatable bonds is 4. The van der Waals surface area contributed by atoms with Crippen molar-refractivity contribution in [3.05, 3.63) is 18.2 Å². The average Bonchev–Trinajstić information content (AvgIpc) is 2.85. The van der Waals surface area contributed by atoms with E-state index in [-0.39, 0.29) is 12.5 Å². The highest BCUT2D eigenvalue weighted by atomic mass is 16.4. The van der Waals surface area contributed by atoms with Crippen LogP contribution in [0.25, 0.3) is 0 Å². The van der Waals surface area contributed by atoms with Gasteiger partial charge in [-0.2, -0.15) is 0 Å². The molecule has 1 saturated heterocycles. The number of carboxylic acids is 1. The van der Waals surface area contributed by atoms with Gasteiger partial charge in [-0.05, 0) is 25.2 Å². The Labute approximate surface area is 123 Å². The Morgan fingerprint density at radius 1 is 1.52 bits per heavy atom. The number of amides is 2. The Morgan fingerprint density at radius 2 is 2.33 bits per heavy atom. The van der Waals surface area contributed by atoms with Crippen LogP contribution in [0, 0.1) is 5.92 Å². The molecule has 2 amide bonds. The molecule has 7 nitrogen and oxygen atoms in total. The normalized spacial score (nSPS) is 20.6. The van der Waals surface area contributed by atoms with Crippen LogP contribution in [0.4, 0.5) is 4.79 Å². The van der Waals surface area contributed by atoms with E-state index in [0.717, 1.165) is 19.3 Å². The molecule has 2 atom stereocenters. The molecule has 0 saturated carbocycles. The van der Waals surface area contributed by atoms with Crippen LogP contribution < -0.4 is 5.32 Å². The van der Waals surface area contributed by atoms with Crippen LogP contribution >= 0.6 is 0 Å². The molecule has 2 rings (SSSR count). The molecule has 1 unspecified atom stereocenters. The maximum Gasteiger partial charge on any atom is 0.326 e. The van der Waals surface area contributed by atoms with Crippen LogP contribution in [-0.2, 0) is 11.2 Å². The summed E-state index contributed by atoms with van der Waals surface area (Å²) in [6, 6.07) is -1.24. The molecular weight excluding hydrogens is 272 g/mol. The Kier molecular flexibility index (Phi) is 5.19. The van der Waals surface area contributed by atoms with E-state index in [4.69, 9.17) is 0 Å². The zero-order valence-corrected chi connectivity index (χ0v) is 12.2. The molecule has 21 heavy (non-hydrogen) atoms. The summed E-state index contributed by atoms with van der Waals surface area (Å²) in [6.07, 6.45) is 6.30. The number of carbonyl (C=O) groups is 2. The number of hydrogen-bond acceptors (Lipinski definition) is 3. The topological polar surface area (TPSA) is 98.3 Å². The van der Waals surface area contributed by atoms with Gasteiger partial charge in [0.1, 0.15) is 6.04 Å². The lowest BCUT2D eigenvalue weighted by Crippen LogP contribution is -2.49. The molecule has 0 bridgehead atoms. The van der Waals surface area contributed by atoms with Gasteiger partial charge in [-0.1, -0.05) is 6.92 Å². The summed E-state index contributed by atoms with van der Waals surface area (Å²) < 4.78 is 0. The zero-order chi connectivity index (χ0) is 15.2. The summed E-state index contributed by atoms with van der Waals surface area (Å²) in [5.74, 6) is -0.427. The predicted molar refractivity (Wildman–Crippen MR) is 76.8 cm³/mol. The number of carboxylic acid groups (broad SMARTS) is 1. The summed E-state index contributed by atoms with van der Waals surface area (Å²) in [5, 5.41) is 11.9. The number of likely N-dealkylation sites (tertiary alicyclic amines) is 1. The van der Waals surface area contributed by atoms with Crippen LogP contribution in [0.1, 0.15) is 31.9 Å². The molecule has 0 radical (unpaired) electrons. The number of nitrogens with one attached hydrogen (secondary N) is 2. The Morgan fingerprint density at radius 3 is 3.00 bits per heavy atom. The second kappa shape index (κ2) is 7.10. The Balaban J connectivity index is 1.93. The zero-order valence-electron chi connectivity index (χ0n) is 12.2. The molecule has 1 aliphatic rings. The lowest BCUT2D eigenvalue weighted by molar-refractivity contribution is -0.139. The first-order valence-electron chi connectivity index (χ1n) is 7.31. The summed E-state index contributed by atoms with van der Waals surface area (Å²) in [5.41, 5.74) is 0.687. The lowest BCUT2D eigenvalue weighted by Gasteiger charge is -2.23. The summed E-state index contributed by atoms with van der Waals surface area (Å²) >= 11 is 0. The minimum Gasteiger partial charge on any atom is -0.480 e. The summed E-state index contributed by atoms with van der Waals surface area (Å²) in [7, 11) is 0. The van der Waals surface area contributed by atoms with Crippen molar-refractivity contribution in [2.75, 3.05) is 13.1 Å². The number of aromatic amines is 1. The predicted octanol–water partition coefficient (Wildman–Crippen LogP) is 1.24. The van der Waals surface area contributed by atoms with Gasteiger partial charge in [0.2, 0.25) is 0 Å². The number of carbonyl (C=O) groups excluding carboxylic acids is 1. The molecule has 0 spiro atoms. The van der Waals surface area contributed by atoms with Crippen LogP contribution in [0.15, 0.2) is 12.5 Å². The van der Waals surface area contributed by atoms with Crippen molar-refractivity contribution in [1.82, 2.24) is 20.2 Å². The maximum absolute atomic E-state index is 12.2. The fraction of sp³-hybridized carbons (Fsp3) is 0.643. The van der Waals surface area contributed by atoms with Gasteiger partial charge >= 0.3 is 12.0 Å². The van der Waals surface area contributed by atoms with Crippen molar-refractivity contribution in [3.8, 4) is 0 Å². The maximum atomic E-state index is 12.2. The second-order valence-corrected chi connectivity index (χ2v) is 5.64. The molecule has 0 aromatic carbocycles. The van der Waals surface area contributed by atoms with E-state index in [1.807, 2.05) is 0 Å². The summed E-state index contributed by atoms with van der Waals surface area (Å²) in [4.78, 5) is 31.9. The summed E-state index contributed by atoms with van der Waals surface area (Å²) in [6.45, 7) is 3.55. The SMILES string of the molecule is CC1CCCN(C(=O)N[C@H](Cc2cnc[nH]2)C(=O)O)CC1. The molecule has 0 aliphatic carbocycles. The second-order valence-electron chi connectivity index (χ2n) is 5.64. The molecule has 7 heteroatoms. The van der Waals surface area contributed by atoms with Gasteiger partial charge in [-0.15, -0.1) is 0 Å². The van der Waals surface area contributed by atoms with Crippen molar-refractivity contribution in [1.29, 1.82) is 0 Å². The van der Waals surface area contributed by atoms with Gasteiger partial charge in [0, 0.05) is 31.4 Å². The van der Waals surface area contributed by atoms with E-state index >= 15 is 0 Å². The van der Waals surface area contributed by atoms with Gasteiger partial charge in [0.15, 0.2) is 0 Å². The fourth-order valence-electron chi connectivity index (χ4n) is 2.52. The van der Waals surface area contributed by atoms with Gasteiger partial charge in [0.05, 0.1) is 6.33 Å². The standard InChI is InChI=1S/C14H22N4O3/c1-10-3-2-5-18(6-4-10)14(21)17-12(13(19)20)7-11-8-15-9-16-11/h8-10,12H,2-7H2,1H3,(H,15,16)(H,17,21)(H,19,20)/t10?,12-/m1/s1. The minimum absolute atomic E-state index is 0.200. The number of aliphatic carboxylic acids is 1. The van der Waals surface area contributed by atoms with Crippen LogP contribution in [0.2, 0.25) is 0 Å². The average molecular weight is 294 g/mol. The van der Waals surface area contributed by atoms with E-state index < -0.39 is 12.0 Å². The van der Waals surface area contributed by atoms with E-state index in [0.29, 0.717) is 24.7 Å². The van der Waals surface area contributed by atoms with Crippen molar-refractivity contribution in [2.45, 2.75) is 38.6 Å². The lowest BCUT2D eigenvalue weighted by atomic mass is 10.0. The van der Waals surface area contributed by atoms with Crippen molar-refractivity contribution in [3.63, 3.8) is 0 Å². The molecular formula is C14H22N4O3. The fourth-order valence-corrected chi connectivity index (χ4v) is 2.52. The van der Waals surface area contributed by atoms with E-state index in [1.54, 1.807) is 11.1 Å². The smallest absolute Gasteiger partial charge is 0.326 e. The van der Waals surface area contributed by atoms with E-state index in [9.17, 15) is 14.7 Å². The Bertz CT molecular complexity index is 475. The first kappa shape index (κ1) is 15.3. The van der Waals surface area contributed by atoms with Gasteiger partial charge in [-0.25, -0.2) is 14.6 Å². The largest absolute Gasteiger partial charge is 0.480 e. The number of imidazole rings is 1. The third kappa shape index (κ3) is 4.47. The van der Waals surface area contributed by atoms with Crippen molar-refractivity contribution >= 4 is 12.0 Å². The first-order chi connectivity index (χ1) is 10.1. The van der Waals surface area contributed by atoms with Crippen molar-refractivity contribution in [2.24, 2.45) is 5.92 Å². The highest BCUT2D eigenvalue weighted by molar-refractivity contribution is 5.82. The molecule has 1 aromatic rings. The molecule has 1 aliphatic heterocycles. The first-order valence-corrected chi connectivity index (χ1v) is 7.31. The molecule has 2 heterocycles. The van der Waals surface area contributed by atoms with Crippen molar-refractivity contribution < 1.29 is 14.7 Å². The molecule has 1 fully saturated rings. The highest BCUT2D eigenvalue weighted by Gasteiger charge is 2.25. The highest BCUT2D eigenvalue weighted by Crippen LogP contribution is 2.16. The monoisotopic (exact) mass is 294 g/mol. The van der Waals surface area contributed by atoms with Crippen LogP contribution in [0.5, 0.6) is 0 Å². The number of hydrogen-bond donors (Lipinski definition) is 3. The van der Waals surface area contributed by atoms with Crippen LogP contribution in [-0.4, -0.2) is 51.1 Å². The number of nitrogens with zero attached hydrogens (tertiary/aromatic N) is 2. The van der Waals surface area contributed by atoms with E-state index in [2.05, 4.69) is 22.2 Å². The van der Waals surface area contributed by atoms with E-state index in [1.165, 1.54) is 6.33 Å². The Hall–Kier alpha value is -2.05. The number of urea groups is 1. The van der Waals surface area contributed by atoms with Crippen LogP contribution in [0.3, 0.4) is 0 Å². The van der Waals surface area contributed by atoms with Gasteiger partial charge < -0.3 is 20.3 Å². The third-order valence-electron chi connectivity index (χ3n) is 3.88. The third-order valence-corrected chi connectivity index (χ3v) is 3.88. The molecule has 3 N–H and O–H groups in total. The van der Waals surface area contributed by atoms with Gasteiger partial charge in [-0.3, -0.25) is 0 Å². The van der Waals surface area contributed by atoms with Gasteiger partial charge in [0.25, 0.3) is 0 Å². The molecule has 1 aromatic heterocycles. The quantitative estimate of drug-likeness (QED) is 0.778. The number of aromatic nitrogens is 2. The minimum atomic E-state index is -1.04.